The number of anilines is 2. The third-order valence-corrected chi connectivity index (χ3v) is 5.06. The minimum Gasteiger partial charge on any atom is -0.495 e. The maximum Gasteiger partial charge on any atom is 0.265 e. The van der Waals surface area contributed by atoms with Crippen LogP contribution in [0.1, 0.15) is 20.0 Å². The summed E-state index contributed by atoms with van der Waals surface area (Å²) in [6, 6.07) is 13.0. The average molecular weight is 421 g/mol. The van der Waals surface area contributed by atoms with Crippen LogP contribution in [0.4, 0.5) is 11.4 Å². The number of methoxy groups -OCH3 is 1. The molecule has 1 aromatic heterocycles. The van der Waals surface area contributed by atoms with E-state index in [2.05, 4.69) is 10.6 Å². The van der Waals surface area contributed by atoms with Gasteiger partial charge in [0.1, 0.15) is 5.75 Å². The number of amides is 2. The predicted octanol–water partition coefficient (Wildman–Crippen LogP) is 5.57. The van der Waals surface area contributed by atoms with Gasteiger partial charge in [-0.05, 0) is 47.8 Å². The minimum absolute atomic E-state index is 0.279. The molecule has 3 rings (SSSR count). The van der Waals surface area contributed by atoms with Crippen molar-refractivity contribution in [3.63, 3.8) is 0 Å². The Morgan fingerprint density at radius 1 is 0.963 bits per heavy atom. The highest BCUT2D eigenvalue weighted by molar-refractivity contribution is 7.12. The second-order valence-electron chi connectivity index (χ2n) is 5.42. The van der Waals surface area contributed by atoms with Crippen molar-refractivity contribution in [1.82, 2.24) is 0 Å². The van der Waals surface area contributed by atoms with Crippen molar-refractivity contribution in [3.8, 4) is 5.75 Å². The monoisotopic (exact) mass is 420 g/mol. The molecule has 2 N–H and O–H groups in total. The van der Waals surface area contributed by atoms with Crippen molar-refractivity contribution in [3.05, 3.63) is 74.4 Å². The maximum absolute atomic E-state index is 12.6. The second-order valence-corrected chi connectivity index (χ2v) is 7.22. The molecule has 0 aliphatic heterocycles. The van der Waals surface area contributed by atoms with Crippen molar-refractivity contribution >= 4 is 57.7 Å². The van der Waals surface area contributed by atoms with Gasteiger partial charge in [0.2, 0.25) is 0 Å². The molecule has 0 fully saturated rings. The molecule has 3 aromatic rings. The lowest BCUT2D eigenvalue weighted by Crippen LogP contribution is -2.15. The molecule has 0 aliphatic carbocycles. The molecular weight excluding hydrogens is 407 g/mol. The number of benzene rings is 2. The molecule has 1 heterocycles. The minimum atomic E-state index is -0.395. The Balaban J connectivity index is 1.84. The molecule has 0 saturated carbocycles. The maximum atomic E-state index is 12.6. The number of hydrogen-bond donors (Lipinski definition) is 2. The van der Waals surface area contributed by atoms with E-state index in [1.807, 2.05) is 5.38 Å². The fourth-order valence-corrected chi connectivity index (χ4v) is 3.28. The summed E-state index contributed by atoms with van der Waals surface area (Å²) in [5, 5.41) is 8.10. The summed E-state index contributed by atoms with van der Waals surface area (Å²) in [5.74, 6) is -0.232. The number of nitrogens with one attached hydrogen (secondary N) is 2. The zero-order valence-corrected chi connectivity index (χ0v) is 16.4. The number of carbonyl (C=O) groups excluding carboxylic acids is 2. The molecule has 0 saturated heterocycles. The predicted molar refractivity (Wildman–Crippen MR) is 110 cm³/mol. The Morgan fingerprint density at radius 3 is 2.44 bits per heavy atom. The standard InChI is InChI=1S/C19H14Cl2N2O3S/c1-26-16-7-4-11(9-15(16)23-19(25)17-3-2-8-27-17)18(24)22-14-10-12(20)5-6-13(14)21/h2-10H,1H3,(H,22,24)(H,23,25). The molecule has 0 spiro atoms. The SMILES string of the molecule is COc1ccc(C(=O)Nc2cc(Cl)ccc2Cl)cc1NC(=O)c1cccs1. The van der Waals surface area contributed by atoms with Crippen LogP contribution in [0.2, 0.25) is 10.0 Å². The van der Waals surface area contributed by atoms with E-state index in [0.717, 1.165) is 0 Å². The van der Waals surface area contributed by atoms with Crippen molar-refractivity contribution in [2.75, 3.05) is 17.7 Å². The van der Waals surface area contributed by atoms with Gasteiger partial charge >= 0.3 is 0 Å². The van der Waals surface area contributed by atoms with Crippen molar-refractivity contribution < 1.29 is 14.3 Å². The van der Waals surface area contributed by atoms with Crippen molar-refractivity contribution in [1.29, 1.82) is 0 Å². The molecule has 2 aromatic carbocycles. The molecule has 5 nitrogen and oxygen atoms in total. The molecule has 27 heavy (non-hydrogen) atoms. The van der Waals surface area contributed by atoms with Gasteiger partial charge in [0.15, 0.2) is 0 Å². The van der Waals surface area contributed by atoms with Crippen LogP contribution < -0.4 is 15.4 Å². The van der Waals surface area contributed by atoms with Gasteiger partial charge in [-0.3, -0.25) is 9.59 Å². The van der Waals surface area contributed by atoms with E-state index in [4.69, 9.17) is 27.9 Å². The molecule has 0 radical (unpaired) electrons. The molecule has 0 atom stereocenters. The van der Waals surface area contributed by atoms with Crippen LogP contribution in [0.3, 0.4) is 0 Å². The summed E-state index contributed by atoms with van der Waals surface area (Å²) in [6.45, 7) is 0. The summed E-state index contributed by atoms with van der Waals surface area (Å²) in [6.07, 6.45) is 0. The molecule has 0 unspecified atom stereocenters. The summed E-state index contributed by atoms with van der Waals surface area (Å²) in [5.41, 5.74) is 1.11. The number of ether oxygens (including phenoxy) is 1. The van der Waals surface area contributed by atoms with Crippen LogP contribution in [-0.4, -0.2) is 18.9 Å². The Kier molecular flexibility index (Phi) is 6.01. The fourth-order valence-electron chi connectivity index (χ4n) is 2.33. The van der Waals surface area contributed by atoms with Crippen LogP contribution >= 0.6 is 34.5 Å². The number of carbonyl (C=O) groups is 2. The van der Waals surface area contributed by atoms with E-state index >= 15 is 0 Å². The first-order valence-corrected chi connectivity index (χ1v) is 9.41. The Labute approximate surface area is 169 Å². The summed E-state index contributed by atoms with van der Waals surface area (Å²) >= 11 is 13.3. The van der Waals surface area contributed by atoms with Gasteiger partial charge in [-0.25, -0.2) is 0 Å². The third-order valence-electron chi connectivity index (χ3n) is 3.63. The normalized spacial score (nSPS) is 10.3. The number of halogens is 2. The zero-order valence-electron chi connectivity index (χ0n) is 14.1. The van der Waals surface area contributed by atoms with Gasteiger partial charge in [-0.1, -0.05) is 29.3 Å². The van der Waals surface area contributed by atoms with Gasteiger partial charge in [0.25, 0.3) is 11.8 Å². The Morgan fingerprint density at radius 2 is 1.74 bits per heavy atom. The first-order chi connectivity index (χ1) is 13.0. The van der Waals surface area contributed by atoms with Crippen molar-refractivity contribution in [2.24, 2.45) is 0 Å². The summed E-state index contributed by atoms with van der Waals surface area (Å²) in [7, 11) is 1.49. The van der Waals surface area contributed by atoms with Gasteiger partial charge in [0, 0.05) is 10.6 Å². The summed E-state index contributed by atoms with van der Waals surface area (Å²) in [4.78, 5) is 25.4. The van der Waals surface area contributed by atoms with E-state index in [9.17, 15) is 9.59 Å². The van der Waals surface area contributed by atoms with E-state index < -0.39 is 5.91 Å². The van der Waals surface area contributed by atoms with Gasteiger partial charge in [-0.2, -0.15) is 0 Å². The van der Waals surface area contributed by atoms with Crippen LogP contribution in [-0.2, 0) is 0 Å². The number of thiophene rings is 1. The van der Waals surface area contributed by atoms with Crippen LogP contribution in [0.15, 0.2) is 53.9 Å². The van der Waals surface area contributed by atoms with E-state index in [1.165, 1.54) is 24.5 Å². The molecule has 138 valence electrons. The highest BCUT2D eigenvalue weighted by Crippen LogP contribution is 2.29. The Hall–Kier alpha value is -2.54. The molecule has 0 bridgehead atoms. The highest BCUT2D eigenvalue weighted by Gasteiger charge is 2.15. The average Bonchev–Trinajstić information content (AvgIpc) is 3.19. The van der Waals surface area contributed by atoms with E-state index in [0.29, 0.717) is 37.6 Å². The lowest BCUT2D eigenvalue weighted by molar-refractivity contribution is 0.101. The number of hydrogen-bond acceptors (Lipinski definition) is 4. The van der Waals surface area contributed by atoms with E-state index in [1.54, 1.807) is 42.5 Å². The number of rotatable bonds is 5. The third kappa shape index (κ3) is 4.60. The first kappa shape index (κ1) is 19.2. The molecule has 8 heteroatoms. The van der Waals surface area contributed by atoms with Gasteiger partial charge in [0.05, 0.1) is 28.4 Å². The molecular formula is C19H14Cl2N2O3S. The van der Waals surface area contributed by atoms with Gasteiger partial charge < -0.3 is 15.4 Å². The summed E-state index contributed by atoms with van der Waals surface area (Å²) < 4.78 is 5.27. The first-order valence-electron chi connectivity index (χ1n) is 7.77. The zero-order chi connectivity index (χ0) is 19.4. The quantitative estimate of drug-likeness (QED) is 0.566. The lowest BCUT2D eigenvalue weighted by Gasteiger charge is -2.12. The lowest BCUT2D eigenvalue weighted by atomic mass is 10.1. The highest BCUT2D eigenvalue weighted by atomic mass is 35.5. The smallest absolute Gasteiger partial charge is 0.265 e. The van der Waals surface area contributed by atoms with Crippen LogP contribution in [0.25, 0.3) is 0 Å². The van der Waals surface area contributed by atoms with E-state index in [-0.39, 0.29) is 5.91 Å². The largest absolute Gasteiger partial charge is 0.495 e. The van der Waals surface area contributed by atoms with Crippen LogP contribution in [0, 0.1) is 0 Å². The topological polar surface area (TPSA) is 67.4 Å². The van der Waals surface area contributed by atoms with Gasteiger partial charge in [-0.15, -0.1) is 11.3 Å². The van der Waals surface area contributed by atoms with Crippen LogP contribution in [0.5, 0.6) is 5.75 Å². The fraction of sp³-hybridized carbons (Fsp3) is 0.0526. The second kappa shape index (κ2) is 8.43. The Bertz CT molecular complexity index is 991. The molecule has 0 aliphatic rings. The van der Waals surface area contributed by atoms with Crippen molar-refractivity contribution in [2.45, 2.75) is 0 Å². The molecule has 2 amide bonds.